The van der Waals surface area contributed by atoms with E-state index in [1.54, 1.807) is 18.7 Å². The van der Waals surface area contributed by atoms with Gasteiger partial charge in [0, 0.05) is 18.3 Å². The molecule has 1 aliphatic heterocycles. The number of aliphatic carboxylic acids is 1. The van der Waals surface area contributed by atoms with Crippen molar-refractivity contribution in [3.05, 3.63) is 32.8 Å². The van der Waals surface area contributed by atoms with Gasteiger partial charge in [-0.25, -0.2) is 4.79 Å². The van der Waals surface area contributed by atoms with E-state index in [1.807, 2.05) is 0 Å². The van der Waals surface area contributed by atoms with E-state index in [0.717, 1.165) is 6.42 Å². The summed E-state index contributed by atoms with van der Waals surface area (Å²) in [6, 6.07) is 2.87. The molecule has 1 N–H and O–H groups in total. The number of aryl methyl sites for hydroxylation is 1. The Hall–Kier alpha value is -1.82. The van der Waals surface area contributed by atoms with Crippen LogP contribution in [-0.2, 0) is 4.79 Å². The lowest BCUT2D eigenvalue weighted by Gasteiger charge is -2.34. The van der Waals surface area contributed by atoms with Crippen LogP contribution in [-0.4, -0.2) is 28.1 Å². The zero-order valence-corrected chi connectivity index (χ0v) is 12.0. The molecule has 0 aliphatic carbocycles. The average molecular weight is 299 g/mol. The molecule has 20 heavy (non-hydrogen) atoms. The van der Waals surface area contributed by atoms with Crippen LogP contribution in [0.15, 0.2) is 12.1 Å². The first-order valence-corrected chi connectivity index (χ1v) is 6.61. The van der Waals surface area contributed by atoms with Gasteiger partial charge in [0.25, 0.3) is 5.69 Å². The number of anilines is 1. The van der Waals surface area contributed by atoms with Gasteiger partial charge < -0.3 is 10.0 Å². The fourth-order valence-electron chi connectivity index (χ4n) is 2.66. The molecule has 1 atom stereocenters. The number of rotatable bonds is 3. The molecule has 1 unspecified atom stereocenters. The highest BCUT2D eigenvalue weighted by atomic mass is 35.5. The lowest BCUT2D eigenvalue weighted by Crippen LogP contribution is -2.48. The van der Waals surface area contributed by atoms with Gasteiger partial charge in [0.2, 0.25) is 0 Å². The highest BCUT2D eigenvalue weighted by Crippen LogP contribution is 2.39. The summed E-state index contributed by atoms with van der Waals surface area (Å²) in [5.41, 5.74) is 0.132. The summed E-state index contributed by atoms with van der Waals surface area (Å²) in [5, 5.41) is 20.3. The van der Waals surface area contributed by atoms with Crippen molar-refractivity contribution in [2.24, 2.45) is 0 Å². The third-order valence-corrected chi connectivity index (χ3v) is 4.16. The topological polar surface area (TPSA) is 83.7 Å². The number of carboxylic acid groups (broad SMARTS) is 1. The second kappa shape index (κ2) is 4.94. The maximum atomic E-state index is 11.5. The molecule has 1 fully saturated rings. The van der Waals surface area contributed by atoms with E-state index in [0.29, 0.717) is 24.2 Å². The van der Waals surface area contributed by atoms with Gasteiger partial charge in [-0.2, -0.15) is 0 Å². The molecule has 0 aromatic heterocycles. The zero-order chi connectivity index (χ0) is 15.1. The first-order valence-electron chi connectivity index (χ1n) is 6.23. The first kappa shape index (κ1) is 14.6. The Kier molecular flexibility index (Phi) is 3.60. The minimum Gasteiger partial charge on any atom is -0.480 e. The maximum Gasteiger partial charge on any atom is 0.329 e. The van der Waals surface area contributed by atoms with Gasteiger partial charge >= 0.3 is 5.97 Å². The number of nitro groups is 1. The van der Waals surface area contributed by atoms with Crippen LogP contribution in [0.3, 0.4) is 0 Å². The van der Waals surface area contributed by atoms with Crippen molar-refractivity contribution in [1.29, 1.82) is 0 Å². The third-order valence-electron chi connectivity index (χ3n) is 3.85. The molecular weight excluding hydrogens is 284 g/mol. The molecule has 0 radical (unpaired) electrons. The number of hydrogen-bond donors (Lipinski definition) is 1. The van der Waals surface area contributed by atoms with E-state index in [4.69, 9.17) is 11.6 Å². The van der Waals surface area contributed by atoms with Crippen LogP contribution in [0.25, 0.3) is 0 Å². The number of nitrogens with zero attached hydrogens (tertiary/aromatic N) is 2. The van der Waals surface area contributed by atoms with Gasteiger partial charge in [0.05, 0.1) is 4.92 Å². The Morgan fingerprint density at radius 2 is 2.20 bits per heavy atom. The van der Waals surface area contributed by atoms with Crippen LogP contribution in [0.5, 0.6) is 0 Å². The van der Waals surface area contributed by atoms with Crippen molar-refractivity contribution in [2.45, 2.75) is 32.2 Å². The highest BCUT2D eigenvalue weighted by molar-refractivity contribution is 6.33. The van der Waals surface area contributed by atoms with Crippen LogP contribution >= 0.6 is 11.6 Å². The summed E-state index contributed by atoms with van der Waals surface area (Å²) < 4.78 is 0. The summed E-state index contributed by atoms with van der Waals surface area (Å²) in [6.07, 6.45) is 1.30. The monoisotopic (exact) mass is 298 g/mol. The van der Waals surface area contributed by atoms with E-state index >= 15 is 0 Å². The Balaban J connectivity index is 2.51. The van der Waals surface area contributed by atoms with Crippen molar-refractivity contribution in [3.8, 4) is 0 Å². The molecule has 1 heterocycles. The fourth-order valence-corrected chi connectivity index (χ4v) is 2.89. The average Bonchev–Trinajstić information content (AvgIpc) is 2.75. The predicted molar refractivity (Wildman–Crippen MR) is 75.5 cm³/mol. The normalized spacial score (nSPS) is 22.1. The number of benzene rings is 1. The van der Waals surface area contributed by atoms with Crippen LogP contribution in [0.2, 0.25) is 5.02 Å². The molecular formula is C13H15ClN2O4. The van der Waals surface area contributed by atoms with E-state index in [9.17, 15) is 20.0 Å². The minimum atomic E-state index is -0.996. The summed E-state index contributed by atoms with van der Waals surface area (Å²) in [6.45, 7) is 3.98. The number of nitro benzene ring substituents is 1. The second-order valence-corrected chi connectivity index (χ2v) is 5.59. The fraction of sp³-hybridized carbons (Fsp3) is 0.462. The van der Waals surface area contributed by atoms with Crippen molar-refractivity contribution < 1.29 is 14.8 Å². The van der Waals surface area contributed by atoms with Crippen molar-refractivity contribution in [1.82, 2.24) is 0 Å². The van der Waals surface area contributed by atoms with E-state index in [-0.39, 0.29) is 10.7 Å². The largest absolute Gasteiger partial charge is 0.480 e. The summed E-state index contributed by atoms with van der Waals surface area (Å²) in [4.78, 5) is 23.6. The van der Waals surface area contributed by atoms with Gasteiger partial charge in [0.15, 0.2) is 0 Å². The lowest BCUT2D eigenvalue weighted by atomic mass is 9.98. The number of carboxylic acids is 1. The molecule has 108 valence electrons. The molecule has 0 saturated carbocycles. The molecule has 7 heteroatoms. The molecule has 1 aromatic rings. The van der Waals surface area contributed by atoms with Crippen molar-refractivity contribution >= 4 is 28.9 Å². The van der Waals surface area contributed by atoms with E-state index in [1.165, 1.54) is 12.1 Å². The molecule has 1 saturated heterocycles. The summed E-state index contributed by atoms with van der Waals surface area (Å²) in [7, 11) is 0. The number of carbonyl (C=O) groups is 1. The maximum absolute atomic E-state index is 11.5. The van der Waals surface area contributed by atoms with E-state index in [2.05, 4.69) is 0 Å². The predicted octanol–water partition coefficient (Wildman–Crippen LogP) is 3.00. The Morgan fingerprint density at radius 1 is 1.55 bits per heavy atom. The molecule has 0 amide bonds. The zero-order valence-electron chi connectivity index (χ0n) is 11.2. The number of hydrogen-bond acceptors (Lipinski definition) is 4. The highest BCUT2D eigenvalue weighted by Gasteiger charge is 2.44. The van der Waals surface area contributed by atoms with Gasteiger partial charge in [-0.3, -0.25) is 10.1 Å². The Bertz CT molecular complexity index is 590. The van der Waals surface area contributed by atoms with Crippen LogP contribution in [0.1, 0.15) is 25.3 Å². The van der Waals surface area contributed by atoms with Gasteiger partial charge in [-0.15, -0.1) is 0 Å². The second-order valence-electron chi connectivity index (χ2n) is 5.18. The molecule has 0 spiro atoms. The van der Waals surface area contributed by atoms with E-state index < -0.39 is 16.4 Å². The minimum absolute atomic E-state index is 0.0234. The molecule has 2 rings (SSSR count). The van der Waals surface area contributed by atoms with Crippen LogP contribution < -0.4 is 4.90 Å². The summed E-state index contributed by atoms with van der Waals surface area (Å²) >= 11 is 5.93. The molecule has 1 aromatic carbocycles. The standard InChI is InChI=1S/C13H15ClN2O4/c1-8-6-11(16(19)20)9(14)7-10(8)15-5-3-4-13(15,2)12(17)18/h6-7H,3-5H2,1-2H3,(H,17,18). The van der Waals surface area contributed by atoms with Crippen LogP contribution in [0, 0.1) is 17.0 Å². The molecule has 1 aliphatic rings. The first-order chi connectivity index (χ1) is 9.27. The van der Waals surface area contributed by atoms with Gasteiger partial charge in [0.1, 0.15) is 10.6 Å². The SMILES string of the molecule is Cc1cc([N+](=O)[O-])c(Cl)cc1N1CCCC1(C)C(=O)O. The van der Waals surface area contributed by atoms with Crippen LogP contribution in [0.4, 0.5) is 11.4 Å². The molecule has 6 nitrogen and oxygen atoms in total. The van der Waals surface area contributed by atoms with Crippen molar-refractivity contribution in [3.63, 3.8) is 0 Å². The lowest BCUT2D eigenvalue weighted by molar-refractivity contribution is -0.384. The third kappa shape index (κ3) is 2.20. The smallest absolute Gasteiger partial charge is 0.329 e. The van der Waals surface area contributed by atoms with Crippen molar-refractivity contribution in [2.75, 3.05) is 11.4 Å². The molecule has 0 bridgehead atoms. The Labute approximate surface area is 121 Å². The quantitative estimate of drug-likeness (QED) is 0.685. The summed E-state index contributed by atoms with van der Waals surface area (Å²) in [5.74, 6) is -0.899. The Morgan fingerprint density at radius 3 is 2.75 bits per heavy atom. The van der Waals surface area contributed by atoms with Gasteiger partial charge in [-0.1, -0.05) is 11.6 Å². The number of halogens is 1. The van der Waals surface area contributed by atoms with Gasteiger partial charge in [-0.05, 0) is 38.3 Å².